The van der Waals surface area contributed by atoms with E-state index in [0.29, 0.717) is 0 Å². The number of para-hydroxylation sites is 1. The van der Waals surface area contributed by atoms with Crippen LogP contribution in [0.3, 0.4) is 0 Å². The van der Waals surface area contributed by atoms with Gasteiger partial charge in [-0.2, -0.15) is 0 Å². The second kappa shape index (κ2) is 9.18. The molecule has 0 unspecified atom stereocenters. The number of halogens is 1. The van der Waals surface area contributed by atoms with Crippen molar-refractivity contribution in [1.29, 1.82) is 0 Å². The van der Waals surface area contributed by atoms with Crippen LogP contribution in [-0.4, -0.2) is 11.9 Å². The van der Waals surface area contributed by atoms with E-state index in [0.717, 1.165) is 23.5 Å². The third kappa shape index (κ3) is 5.93. The highest BCUT2D eigenvalue weighted by atomic mass is 35.5. The highest BCUT2D eigenvalue weighted by Gasteiger charge is 2.16. The molecule has 0 fully saturated rings. The van der Waals surface area contributed by atoms with E-state index in [4.69, 9.17) is 5.73 Å². The van der Waals surface area contributed by atoms with Crippen LogP contribution in [0, 0.1) is 5.92 Å². The summed E-state index contributed by atoms with van der Waals surface area (Å²) in [5.41, 5.74) is 8.83. The molecule has 2 aromatic rings. The Hall–Kier alpha value is -2.04. The van der Waals surface area contributed by atoms with Gasteiger partial charge in [-0.3, -0.25) is 4.79 Å². The van der Waals surface area contributed by atoms with Crippen molar-refractivity contribution in [2.75, 3.05) is 10.6 Å². The van der Waals surface area contributed by atoms with Crippen LogP contribution in [0.1, 0.15) is 19.4 Å². The van der Waals surface area contributed by atoms with E-state index in [2.05, 4.69) is 10.6 Å². The van der Waals surface area contributed by atoms with Gasteiger partial charge >= 0.3 is 0 Å². The van der Waals surface area contributed by atoms with Crippen LogP contribution in [0.25, 0.3) is 0 Å². The molecule has 2 aromatic carbocycles. The van der Waals surface area contributed by atoms with Gasteiger partial charge in [0.05, 0.1) is 6.04 Å². The minimum Gasteiger partial charge on any atom is -0.381 e. The monoisotopic (exact) mass is 333 g/mol. The quantitative estimate of drug-likeness (QED) is 0.756. The summed E-state index contributed by atoms with van der Waals surface area (Å²) in [5, 5.41) is 6.19. The van der Waals surface area contributed by atoms with Crippen molar-refractivity contribution in [1.82, 2.24) is 0 Å². The number of nitrogens with two attached hydrogens (primary N) is 1. The molecule has 124 valence electrons. The highest BCUT2D eigenvalue weighted by Crippen LogP contribution is 2.13. The molecule has 0 aliphatic carbocycles. The predicted octanol–water partition coefficient (Wildman–Crippen LogP) is 3.64. The van der Waals surface area contributed by atoms with Crippen molar-refractivity contribution in [3.63, 3.8) is 0 Å². The number of anilines is 2. The van der Waals surface area contributed by atoms with Crippen molar-refractivity contribution >= 4 is 29.7 Å². The standard InChI is InChI=1S/C18H23N3O.ClH/c1-13(2)17(19)18(22)21-16-10-8-14(9-11-16)12-20-15-6-4-3-5-7-15;/h3-11,13,17,20H,12,19H2,1-2H3,(H,21,22);1H/t17-;/m0./s1. The van der Waals surface area contributed by atoms with Crippen LogP contribution < -0.4 is 16.4 Å². The number of nitrogens with one attached hydrogen (secondary N) is 2. The Balaban J connectivity index is 0.00000264. The first-order valence-electron chi connectivity index (χ1n) is 7.50. The third-order valence-electron chi connectivity index (χ3n) is 3.51. The van der Waals surface area contributed by atoms with E-state index in [1.54, 1.807) is 0 Å². The molecule has 5 heteroatoms. The fourth-order valence-corrected chi connectivity index (χ4v) is 1.99. The zero-order valence-electron chi connectivity index (χ0n) is 13.5. The number of amides is 1. The van der Waals surface area contributed by atoms with Gasteiger partial charge in [-0.05, 0) is 35.7 Å². The topological polar surface area (TPSA) is 67.2 Å². The third-order valence-corrected chi connectivity index (χ3v) is 3.51. The number of hydrogen-bond donors (Lipinski definition) is 3. The Bertz CT molecular complexity index is 599. The molecule has 0 aliphatic rings. The van der Waals surface area contributed by atoms with E-state index < -0.39 is 6.04 Å². The van der Waals surface area contributed by atoms with Crippen LogP contribution in [0.5, 0.6) is 0 Å². The van der Waals surface area contributed by atoms with Crippen molar-refractivity contribution in [3.8, 4) is 0 Å². The fourth-order valence-electron chi connectivity index (χ4n) is 1.99. The number of hydrogen-bond acceptors (Lipinski definition) is 3. The van der Waals surface area contributed by atoms with Crippen molar-refractivity contribution < 1.29 is 4.79 Å². The van der Waals surface area contributed by atoms with Gasteiger partial charge in [0.25, 0.3) is 0 Å². The van der Waals surface area contributed by atoms with Gasteiger partial charge < -0.3 is 16.4 Å². The van der Waals surface area contributed by atoms with E-state index in [1.807, 2.05) is 68.4 Å². The van der Waals surface area contributed by atoms with Crippen LogP contribution in [0.2, 0.25) is 0 Å². The highest BCUT2D eigenvalue weighted by molar-refractivity contribution is 5.94. The summed E-state index contributed by atoms with van der Waals surface area (Å²) in [6.45, 7) is 4.61. The summed E-state index contributed by atoms with van der Waals surface area (Å²) in [7, 11) is 0. The summed E-state index contributed by atoms with van der Waals surface area (Å²) < 4.78 is 0. The number of benzene rings is 2. The number of rotatable bonds is 6. The minimum absolute atomic E-state index is 0. The molecule has 0 aromatic heterocycles. The maximum atomic E-state index is 11.9. The summed E-state index contributed by atoms with van der Waals surface area (Å²) in [6.07, 6.45) is 0. The SMILES string of the molecule is CC(C)[C@H](N)C(=O)Nc1ccc(CNc2ccccc2)cc1.Cl. The lowest BCUT2D eigenvalue weighted by molar-refractivity contribution is -0.118. The summed E-state index contributed by atoms with van der Waals surface area (Å²) >= 11 is 0. The molecule has 0 aliphatic heterocycles. The predicted molar refractivity (Wildman–Crippen MR) is 98.9 cm³/mol. The Labute approximate surface area is 143 Å². The molecular formula is C18H24ClN3O. The van der Waals surface area contributed by atoms with E-state index in [9.17, 15) is 4.79 Å². The van der Waals surface area contributed by atoms with Gasteiger partial charge in [-0.25, -0.2) is 0 Å². The lowest BCUT2D eigenvalue weighted by Crippen LogP contribution is -2.39. The molecule has 2 rings (SSSR count). The lowest BCUT2D eigenvalue weighted by atomic mass is 10.0. The average Bonchev–Trinajstić information content (AvgIpc) is 2.54. The molecule has 0 saturated heterocycles. The smallest absolute Gasteiger partial charge is 0.241 e. The molecule has 0 radical (unpaired) electrons. The summed E-state index contributed by atoms with van der Waals surface area (Å²) in [5.74, 6) is -0.0282. The van der Waals surface area contributed by atoms with Gasteiger partial charge in [0.15, 0.2) is 0 Å². The molecule has 1 amide bonds. The fraction of sp³-hybridized carbons (Fsp3) is 0.278. The van der Waals surface area contributed by atoms with E-state index in [1.165, 1.54) is 0 Å². The molecule has 4 N–H and O–H groups in total. The summed E-state index contributed by atoms with van der Waals surface area (Å²) in [6, 6.07) is 17.3. The van der Waals surface area contributed by atoms with Gasteiger partial charge in [0, 0.05) is 17.9 Å². The average molecular weight is 334 g/mol. The van der Waals surface area contributed by atoms with Gasteiger partial charge in [0.1, 0.15) is 0 Å². The Morgan fingerprint density at radius 3 is 2.17 bits per heavy atom. The lowest BCUT2D eigenvalue weighted by Gasteiger charge is -2.15. The number of carbonyl (C=O) groups is 1. The Morgan fingerprint density at radius 1 is 1.00 bits per heavy atom. The Morgan fingerprint density at radius 2 is 1.61 bits per heavy atom. The van der Waals surface area contributed by atoms with Crippen molar-refractivity contribution in [2.45, 2.75) is 26.4 Å². The van der Waals surface area contributed by atoms with Gasteiger partial charge in [0.2, 0.25) is 5.91 Å². The van der Waals surface area contributed by atoms with E-state index in [-0.39, 0.29) is 24.2 Å². The zero-order valence-corrected chi connectivity index (χ0v) is 14.3. The molecular weight excluding hydrogens is 310 g/mol. The molecule has 4 nitrogen and oxygen atoms in total. The van der Waals surface area contributed by atoms with Crippen molar-refractivity contribution in [3.05, 3.63) is 60.2 Å². The van der Waals surface area contributed by atoms with Crippen LogP contribution in [0.4, 0.5) is 11.4 Å². The van der Waals surface area contributed by atoms with Crippen molar-refractivity contribution in [2.24, 2.45) is 11.7 Å². The van der Waals surface area contributed by atoms with Crippen LogP contribution in [-0.2, 0) is 11.3 Å². The van der Waals surface area contributed by atoms with Gasteiger partial charge in [-0.15, -0.1) is 12.4 Å². The molecule has 0 spiro atoms. The molecule has 0 saturated carbocycles. The maximum absolute atomic E-state index is 11.9. The number of carbonyl (C=O) groups excluding carboxylic acids is 1. The first-order valence-corrected chi connectivity index (χ1v) is 7.50. The Kier molecular flexibility index (Phi) is 7.59. The van der Waals surface area contributed by atoms with Crippen LogP contribution >= 0.6 is 12.4 Å². The molecule has 0 heterocycles. The van der Waals surface area contributed by atoms with E-state index >= 15 is 0 Å². The van der Waals surface area contributed by atoms with Gasteiger partial charge in [-0.1, -0.05) is 44.2 Å². The molecule has 1 atom stereocenters. The normalized spacial score (nSPS) is 11.5. The first-order chi connectivity index (χ1) is 10.6. The molecule has 0 bridgehead atoms. The second-order valence-electron chi connectivity index (χ2n) is 5.68. The van der Waals surface area contributed by atoms with Crippen LogP contribution in [0.15, 0.2) is 54.6 Å². The molecule has 23 heavy (non-hydrogen) atoms. The largest absolute Gasteiger partial charge is 0.381 e. The maximum Gasteiger partial charge on any atom is 0.241 e. The zero-order chi connectivity index (χ0) is 15.9. The first kappa shape index (κ1) is 19.0. The minimum atomic E-state index is -0.487. The summed E-state index contributed by atoms with van der Waals surface area (Å²) in [4.78, 5) is 11.9. The second-order valence-corrected chi connectivity index (χ2v) is 5.68.